The number of nitrogens with one attached hydrogen (secondary N) is 1. The summed E-state index contributed by atoms with van der Waals surface area (Å²) in [5.41, 5.74) is 0. The van der Waals surface area contributed by atoms with Gasteiger partial charge in [-0.3, -0.25) is 4.90 Å². The summed E-state index contributed by atoms with van der Waals surface area (Å²) in [6.45, 7) is 11.1. The molecule has 0 radical (unpaired) electrons. The number of halogens is 1. The molecule has 3 fully saturated rings. The van der Waals surface area contributed by atoms with Gasteiger partial charge in [-0.1, -0.05) is 19.8 Å². The maximum Gasteiger partial charge on any atom is 0.194 e. The maximum atomic E-state index is 6.30. The number of likely N-dealkylation sites (tertiary alicyclic amines) is 2. The standard InChI is InChI=1S/C24H43N7O.HI/c1-4-30-13-7-10-21(30)16-25-24(26-17-23-28-27-19(2)29(23)3)31-14-11-22(12-15-31)32-18-20-8-5-6-9-20;/h20-22H,4-18H2,1-3H3,(H,25,26);1H. The van der Waals surface area contributed by atoms with E-state index in [0.29, 0.717) is 18.7 Å². The average Bonchev–Trinajstić information content (AvgIpc) is 3.56. The Labute approximate surface area is 216 Å². The van der Waals surface area contributed by atoms with E-state index >= 15 is 0 Å². The molecular weight excluding hydrogens is 529 g/mol. The first kappa shape index (κ1) is 26.7. The molecule has 2 saturated heterocycles. The zero-order valence-corrected chi connectivity index (χ0v) is 23.2. The van der Waals surface area contributed by atoms with Gasteiger partial charge >= 0.3 is 0 Å². The van der Waals surface area contributed by atoms with Gasteiger partial charge in [0, 0.05) is 39.3 Å². The van der Waals surface area contributed by atoms with Gasteiger partial charge in [-0.05, 0) is 64.5 Å². The van der Waals surface area contributed by atoms with Crippen molar-refractivity contribution in [1.29, 1.82) is 0 Å². The number of piperidine rings is 1. The average molecular weight is 574 g/mol. The second-order valence-electron chi connectivity index (χ2n) is 9.84. The van der Waals surface area contributed by atoms with Crippen LogP contribution < -0.4 is 5.32 Å². The highest BCUT2D eigenvalue weighted by molar-refractivity contribution is 14.0. The summed E-state index contributed by atoms with van der Waals surface area (Å²) in [7, 11) is 2.01. The largest absolute Gasteiger partial charge is 0.378 e. The monoisotopic (exact) mass is 573 g/mol. The third-order valence-electron chi connectivity index (χ3n) is 7.74. The molecule has 1 aromatic rings. The Hall–Kier alpha value is -0.940. The van der Waals surface area contributed by atoms with Crippen LogP contribution in [0.15, 0.2) is 4.99 Å². The quantitative estimate of drug-likeness (QED) is 0.292. The van der Waals surface area contributed by atoms with Crippen LogP contribution in [0.25, 0.3) is 0 Å². The SMILES string of the molecule is CCN1CCCC1CNC(=NCc1nnc(C)n1C)N1CCC(OCC2CCCC2)CC1.I. The number of rotatable bonds is 8. The summed E-state index contributed by atoms with van der Waals surface area (Å²) in [6.07, 6.45) is 10.6. The Bertz CT molecular complexity index is 741. The predicted octanol–water partition coefficient (Wildman–Crippen LogP) is 3.34. The second kappa shape index (κ2) is 13.2. The molecular formula is C24H44IN7O. The molecule has 1 saturated carbocycles. The fraction of sp³-hybridized carbons (Fsp3) is 0.875. The fourth-order valence-electron chi connectivity index (χ4n) is 5.44. The lowest BCUT2D eigenvalue weighted by Gasteiger charge is -2.35. The van der Waals surface area contributed by atoms with Crippen LogP contribution in [0.4, 0.5) is 0 Å². The van der Waals surface area contributed by atoms with Crippen LogP contribution in [0.3, 0.4) is 0 Å². The molecule has 0 amide bonds. The zero-order chi connectivity index (χ0) is 22.3. The van der Waals surface area contributed by atoms with E-state index in [1.165, 1.54) is 45.1 Å². The Morgan fingerprint density at radius 3 is 2.48 bits per heavy atom. The van der Waals surface area contributed by atoms with Gasteiger partial charge in [0.1, 0.15) is 12.4 Å². The molecule has 1 aromatic heterocycles. The fourth-order valence-corrected chi connectivity index (χ4v) is 5.44. The summed E-state index contributed by atoms with van der Waals surface area (Å²) < 4.78 is 8.33. The van der Waals surface area contributed by atoms with E-state index < -0.39 is 0 Å². The van der Waals surface area contributed by atoms with Crippen LogP contribution in [0.5, 0.6) is 0 Å². The second-order valence-corrected chi connectivity index (χ2v) is 9.84. The molecule has 0 bridgehead atoms. The molecule has 8 nitrogen and oxygen atoms in total. The van der Waals surface area contributed by atoms with Gasteiger partial charge in [0.2, 0.25) is 0 Å². The maximum absolute atomic E-state index is 6.30. The van der Waals surface area contributed by atoms with E-state index in [-0.39, 0.29) is 24.0 Å². The van der Waals surface area contributed by atoms with E-state index in [2.05, 4.69) is 32.2 Å². The highest BCUT2D eigenvalue weighted by Crippen LogP contribution is 2.26. The van der Waals surface area contributed by atoms with Gasteiger partial charge in [-0.15, -0.1) is 34.2 Å². The summed E-state index contributed by atoms with van der Waals surface area (Å²) in [6, 6.07) is 0.606. The minimum atomic E-state index is 0. The van der Waals surface area contributed by atoms with Gasteiger partial charge in [0.05, 0.1) is 6.10 Å². The molecule has 1 unspecified atom stereocenters. The van der Waals surface area contributed by atoms with Crippen LogP contribution >= 0.6 is 24.0 Å². The summed E-state index contributed by atoms with van der Waals surface area (Å²) in [5.74, 6) is 3.65. The first-order valence-electron chi connectivity index (χ1n) is 12.9. The number of aromatic nitrogens is 3. The summed E-state index contributed by atoms with van der Waals surface area (Å²) in [5, 5.41) is 12.2. The molecule has 0 spiro atoms. The number of aliphatic imine (C=N–C) groups is 1. The van der Waals surface area contributed by atoms with Crippen molar-refractivity contribution in [2.45, 2.75) is 83.9 Å². The third-order valence-corrected chi connectivity index (χ3v) is 7.74. The smallest absolute Gasteiger partial charge is 0.194 e. The van der Waals surface area contributed by atoms with Crippen molar-refractivity contribution in [3.05, 3.63) is 11.6 Å². The molecule has 1 aliphatic carbocycles. The van der Waals surface area contributed by atoms with E-state index in [1.54, 1.807) is 0 Å². The number of nitrogens with zero attached hydrogens (tertiary/aromatic N) is 6. The van der Waals surface area contributed by atoms with Gasteiger partial charge in [-0.2, -0.15) is 0 Å². The van der Waals surface area contributed by atoms with Crippen molar-refractivity contribution < 1.29 is 4.74 Å². The number of ether oxygens (including phenoxy) is 1. The lowest BCUT2D eigenvalue weighted by Crippen LogP contribution is -2.50. The van der Waals surface area contributed by atoms with Crippen molar-refractivity contribution in [2.24, 2.45) is 18.0 Å². The molecule has 9 heteroatoms. The van der Waals surface area contributed by atoms with E-state index in [9.17, 15) is 0 Å². The molecule has 1 N–H and O–H groups in total. The van der Waals surface area contributed by atoms with Crippen molar-refractivity contribution in [3.8, 4) is 0 Å². The highest BCUT2D eigenvalue weighted by atomic mass is 127. The number of likely N-dealkylation sites (N-methyl/N-ethyl adjacent to an activating group) is 1. The van der Waals surface area contributed by atoms with Crippen LogP contribution in [0.2, 0.25) is 0 Å². The minimum Gasteiger partial charge on any atom is -0.378 e. The molecule has 33 heavy (non-hydrogen) atoms. The van der Waals surface area contributed by atoms with E-state index in [0.717, 1.165) is 69.2 Å². The van der Waals surface area contributed by atoms with E-state index in [4.69, 9.17) is 9.73 Å². The molecule has 1 atom stereocenters. The Kier molecular flexibility index (Phi) is 10.7. The lowest BCUT2D eigenvalue weighted by atomic mass is 10.1. The minimum absolute atomic E-state index is 0. The zero-order valence-electron chi connectivity index (χ0n) is 20.8. The number of guanidine groups is 1. The highest BCUT2D eigenvalue weighted by Gasteiger charge is 2.26. The molecule has 0 aromatic carbocycles. The van der Waals surface area contributed by atoms with Gasteiger partial charge in [0.25, 0.3) is 0 Å². The predicted molar refractivity (Wildman–Crippen MR) is 143 cm³/mol. The van der Waals surface area contributed by atoms with Gasteiger partial charge < -0.3 is 19.5 Å². The summed E-state index contributed by atoms with van der Waals surface area (Å²) in [4.78, 5) is 9.99. The topological polar surface area (TPSA) is 70.8 Å². The van der Waals surface area contributed by atoms with Crippen molar-refractivity contribution in [2.75, 3.05) is 39.3 Å². The van der Waals surface area contributed by atoms with Gasteiger partial charge in [0.15, 0.2) is 11.8 Å². The Balaban J connectivity index is 0.00000306. The van der Waals surface area contributed by atoms with Crippen LogP contribution in [-0.2, 0) is 18.3 Å². The molecule has 3 heterocycles. The number of hydrogen-bond donors (Lipinski definition) is 1. The number of aryl methyl sites for hydroxylation is 1. The first-order valence-corrected chi connectivity index (χ1v) is 12.9. The van der Waals surface area contributed by atoms with Crippen LogP contribution in [0, 0.1) is 12.8 Å². The molecule has 3 aliphatic rings. The number of hydrogen-bond acceptors (Lipinski definition) is 5. The normalized spacial score (nSPS) is 23.3. The molecule has 188 valence electrons. The van der Waals surface area contributed by atoms with Crippen molar-refractivity contribution in [3.63, 3.8) is 0 Å². The van der Waals surface area contributed by atoms with Crippen LogP contribution in [0.1, 0.15) is 69.9 Å². The van der Waals surface area contributed by atoms with Crippen LogP contribution in [-0.4, -0.2) is 82.0 Å². The van der Waals surface area contributed by atoms with Crippen molar-refractivity contribution >= 4 is 29.9 Å². The Morgan fingerprint density at radius 1 is 1.06 bits per heavy atom. The lowest BCUT2D eigenvalue weighted by molar-refractivity contribution is 0.000958. The van der Waals surface area contributed by atoms with E-state index in [1.807, 2.05) is 18.5 Å². The molecule has 4 rings (SSSR count). The molecule has 2 aliphatic heterocycles. The van der Waals surface area contributed by atoms with Gasteiger partial charge in [-0.25, -0.2) is 4.99 Å². The summed E-state index contributed by atoms with van der Waals surface area (Å²) >= 11 is 0. The van der Waals surface area contributed by atoms with Crippen molar-refractivity contribution in [1.82, 2.24) is 29.9 Å². The third kappa shape index (κ3) is 7.27. The first-order chi connectivity index (χ1) is 15.6. The Morgan fingerprint density at radius 2 is 1.82 bits per heavy atom.